The van der Waals surface area contributed by atoms with Gasteiger partial charge in [0.15, 0.2) is 5.96 Å². The molecule has 8 heteroatoms. The summed E-state index contributed by atoms with van der Waals surface area (Å²) in [7, 11) is 1.59. The molecule has 8 nitrogen and oxygen atoms in total. The first-order valence-electron chi connectivity index (χ1n) is 8.95. The topological polar surface area (TPSA) is 101 Å². The van der Waals surface area contributed by atoms with Gasteiger partial charge in [-0.2, -0.15) is 0 Å². The number of nitrogens with one attached hydrogen (secondary N) is 2. The van der Waals surface area contributed by atoms with Crippen molar-refractivity contribution in [2.45, 2.75) is 6.42 Å². The highest BCUT2D eigenvalue weighted by Crippen LogP contribution is 2.10. The second-order valence-electron chi connectivity index (χ2n) is 5.99. The smallest absolute Gasteiger partial charge is 0.251 e. The van der Waals surface area contributed by atoms with Crippen LogP contribution in [0, 0.1) is 0 Å². The van der Waals surface area contributed by atoms with E-state index in [9.17, 15) is 4.79 Å². The maximum atomic E-state index is 12.0. The number of aliphatic imine (C=N–C) groups is 1. The van der Waals surface area contributed by atoms with Gasteiger partial charge in [0.05, 0.1) is 20.3 Å². The van der Waals surface area contributed by atoms with Crippen molar-refractivity contribution in [2.75, 3.05) is 59.6 Å². The molecule has 1 aromatic rings. The third-order valence-electron chi connectivity index (χ3n) is 4.09. The first kappa shape index (κ1) is 20.0. The second kappa shape index (κ2) is 11.3. The lowest BCUT2D eigenvalue weighted by molar-refractivity contribution is 0.0377. The molecule has 1 aliphatic rings. The molecule has 0 atom stereocenters. The average Bonchev–Trinajstić information content (AvgIpc) is 2.69. The van der Waals surface area contributed by atoms with E-state index in [1.807, 2.05) is 0 Å². The maximum Gasteiger partial charge on any atom is 0.251 e. The Hall–Kier alpha value is -2.32. The zero-order valence-electron chi connectivity index (χ0n) is 15.4. The van der Waals surface area contributed by atoms with E-state index in [4.69, 9.17) is 15.2 Å². The van der Waals surface area contributed by atoms with Gasteiger partial charge in [0.1, 0.15) is 5.75 Å². The molecule has 1 saturated heterocycles. The molecule has 0 spiro atoms. The van der Waals surface area contributed by atoms with Gasteiger partial charge in [0.2, 0.25) is 0 Å². The van der Waals surface area contributed by atoms with Gasteiger partial charge in [-0.25, -0.2) is 0 Å². The molecule has 0 unspecified atom stereocenters. The Kier molecular flexibility index (Phi) is 8.71. The number of methoxy groups -OCH3 is 1. The Morgan fingerprint density at radius 3 is 2.62 bits per heavy atom. The fraction of sp³-hybridized carbons (Fsp3) is 0.556. The average molecular weight is 363 g/mol. The molecular formula is C18H29N5O3. The Balaban J connectivity index is 1.55. The maximum absolute atomic E-state index is 12.0. The van der Waals surface area contributed by atoms with Crippen molar-refractivity contribution in [2.24, 2.45) is 10.7 Å². The van der Waals surface area contributed by atoms with Crippen LogP contribution in [0.1, 0.15) is 16.8 Å². The molecular weight excluding hydrogens is 334 g/mol. The molecule has 4 N–H and O–H groups in total. The minimum absolute atomic E-state index is 0.129. The van der Waals surface area contributed by atoms with Crippen molar-refractivity contribution >= 4 is 11.9 Å². The lowest BCUT2D eigenvalue weighted by atomic mass is 10.2. The molecule has 1 aliphatic heterocycles. The van der Waals surface area contributed by atoms with Crippen LogP contribution >= 0.6 is 0 Å². The number of carbonyl (C=O) groups excluding carboxylic acids is 1. The van der Waals surface area contributed by atoms with E-state index in [1.54, 1.807) is 31.4 Å². The number of nitrogens with zero attached hydrogens (tertiary/aromatic N) is 2. The Morgan fingerprint density at radius 1 is 1.23 bits per heavy atom. The Morgan fingerprint density at radius 2 is 1.92 bits per heavy atom. The Labute approximate surface area is 154 Å². The predicted octanol–water partition coefficient (Wildman–Crippen LogP) is 0.0516. The van der Waals surface area contributed by atoms with Crippen molar-refractivity contribution < 1.29 is 14.3 Å². The van der Waals surface area contributed by atoms with Gasteiger partial charge in [0.25, 0.3) is 5.91 Å². The molecule has 0 saturated carbocycles. The SMILES string of the molecule is COc1ccc(C(=O)NCCNC(N)=NCCCN2CCOCC2)cc1. The van der Waals surface area contributed by atoms with Crippen molar-refractivity contribution in [1.29, 1.82) is 0 Å². The van der Waals surface area contributed by atoms with Gasteiger partial charge in [-0.15, -0.1) is 0 Å². The van der Waals surface area contributed by atoms with Crippen LogP contribution in [0.5, 0.6) is 5.75 Å². The first-order valence-corrected chi connectivity index (χ1v) is 8.95. The fourth-order valence-electron chi connectivity index (χ4n) is 2.59. The van der Waals surface area contributed by atoms with Crippen LogP contribution in [0.25, 0.3) is 0 Å². The van der Waals surface area contributed by atoms with Crippen LogP contribution in [-0.2, 0) is 4.74 Å². The summed E-state index contributed by atoms with van der Waals surface area (Å²) in [6, 6.07) is 6.97. The summed E-state index contributed by atoms with van der Waals surface area (Å²) in [5, 5.41) is 5.84. The number of morpholine rings is 1. The number of guanidine groups is 1. The number of ether oxygens (including phenoxy) is 2. The fourth-order valence-corrected chi connectivity index (χ4v) is 2.59. The molecule has 0 radical (unpaired) electrons. The number of rotatable bonds is 9. The van der Waals surface area contributed by atoms with E-state index in [1.165, 1.54) is 0 Å². The van der Waals surface area contributed by atoms with E-state index in [2.05, 4.69) is 20.5 Å². The van der Waals surface area contributed by atoms with Crippen LogP contribution in [0.4, 0.5) is 0 Å². The molecule has 2 rings (SSSR count). The number of hydrogen-bond donors (Lipinski definition) is 3. The molecule has 1 amide bonds. The monoisotopic (exact) mass is 363 g/mol. The van der Waals surface area contributed by atoms with Gasteiger partial charge in [-0.05, 0) is 30.7 Å². The van der Waals surface area contributed by atoms with E-state index >= 15 is 0 Å². The molecule has 1 heterocycles. The number of carbonyl (C=O) groups is 1. The predicted molar refractivity (Wildman–Crippen MR) is 102 cm³/mol. The zero-order valence-corrected chi connectivity index (χ0v) is 15.4. The van der Waals surface area contributed by atoms with Gasteiger partial charge in [-0.1, -0.05) is 0 Å². The van der Waals surface area contributed by atoms with E-state index in [0.717, 1.165) is 45.0 Å². The van der Waals surface area contributed by atoms with Crippen molar-refractivity contribution in [3.63, 3.8) is 0 Å². The van der Waals surface area contributed by atoms with Crippen LogP contribution in [0.15, 0.2) is 29.3 Å². The summed E-state index contributed by atoms with van der Waals surface area (Å²) in [6.45, 7) is 6.31. The third-order valence-corrected chi connectivity index (χ3v) is 4.09. The second-order valence-corrected chi connectivity index (χ2v) is 5.99. The lowest BCUT2D eigenvalue weighted by Crippen LogP contribution is -2.39. The summed E-state index contributed by atoms with van der Waals surface area (Å²) in [4.78, 5) is 18.7. The minimum atomic E-state index is -0.129. The number of hydrogen-bond acceptors (Lipinski definition) is 5. The van der Waals surface area contributed by atoms with Gasteiger partial charge < -0.3 is 25.8 Å². The van der Waals surface area contributed by atoms with Gasteiger partial charge >= 0.3 is 0 Å². The van der Waals surface area contributed by atoms with Crippen molar-refractivity contribution in [3.8, 4) is 5.75 Å². The molecule has 1 fully saturated rings. The van der Waals surface area contributed by atoms with Gasteiger partial charge in [0, 0.05) is 44.8 Å². The quantitative estimate of drug-likeness (QED) is 0.326. The zero-order chi connectivity index (χ0) is 18.6. The highest BCUT2D eigenvalue weighted by molar-refractivity contribution is 5.94. The first-order chi connectivity index (χ1) is 12.7. The standard InChI is InChI=1S/C18H29N5O3/c1-25-16-5-3-15(4-6-16)17(24)20-8-9-22-18(19)21-7-2-10-23-11-13-26-14-12-23/h3-6H,2,7-14H2,1H3,(H,20,24)(H3,19,21,22). The van der Waals surface area contributed by atoms with Crippen molar-refractivity contribution in [3.05, 3.63) is 29.8 Å². The van der Waals surface area contributed by atoms with E-state index < -0.39 is 0 Å². The van der Waals surface area contributed by atoms with Crippen molar-refractivity contribution in [1.82, 2.24) is 15.5 Å². The molecule has 144 valence electrons. The normalized spacial score (nSPS) is 15.5. The van der Waals surface area contributed by atoms with Gasteiger partial charge in [-0.3, -0.25) is 14.7 Å². The summed E-state index contributed by atoms with van der Waals surface area (Å²) in [5.41, 5.74) is 6.42. The summed E-state index contributed by atoms with van der Waals surface area (Å²) in [6.07, 6.45) is 0.969. The summed E-state index contributed by atoms with van der Waals surface area (Å²) in [5.74, 6) is 1.00. The molecule has 0 aliphatic carbocycles. The highest BCUT2D eigenvalue weighted by Gasteiger charge is 2.09. The number of amides is 1. The summed E-state index contributed by atoms with van der Waals surface area (Å²) < 4.78 is 10.4. The minimum Gasteiger partial charge on any atom is -0.497 e. The van der Waals surface area contributed by atoms with Crippen LogP contribution in [0.3, 0.4) is 0 Å². The number of nitrogens with two attached hydrogens (primary N) is 1. The van der Waals surface area contributed by atoms with Crippen LogP contribution in [0.2, 0.25) is 0 Å². The Bertz CT molecular complexity index is 571. The largest absolute Gasteiger partial charge is 0.497 e. The summed E-state index contributed by atoms with van der Waals surface area (Å²) >= 11 is 0. The lowest BCUT2D eigenvalue weighted by Gasteiger charge is -2.26. The number of benzene rings is 1. The molecule has 0 aromatic heterocycles. The van der Waals surface area contributed by atoms with E-state index in [-0.39, 0.29) is 5.91 Å². The third kappa shape index (κ3) is 7.28. The van der Waals surface area contributed by atoms with Crippen LogP contribution < -0.4 is 21.1 Å². The van der Waals surface area contributed by atoms with Crippen LogP contribution in [-0.4, -0.2) is 76.4 Å². The van der Waals surface area contributed by atoms with E-state index in [0.29, 0.717) is 31.2 Å². The molecule has 26 heavy (non-hydrogen) atoms. The highest BCUT2D eigenvalue weighted by atomic mass is 16.5. The molecule has 1 aromatic carbocycles. The molecule has 0 bridgehead atoms.